The minimum atomic E-state index is -0.334. The van der Waals surface area contributed by atoms with Crippen molar-refractivity contribution in [3.63, 3.8) is 0 Å². The van der Waals surface area contributed by atoms with Crippen molar-refractivity contribution in [2.75, 3.05) is 18.5 Å². The first-order valence-electron chi connectivity index (χ1n) is 7.71. The summed E-state index contributed by atoms with van der Waals surface area (Å²) < 4.78 is 0.609. The molecule has 0 unspecified atom stereocenters. The van der Waals surface area contributed by atoms with Crippen molar-refractivity contribution in [1.82, 2.24) is 0 Å². The van der Waals surface area contributed by atoms with E-state index in [-0.39, 0.29) is 23.6 Å². The molecule has 3 rings (SSSR count). The van der Waals surface area contributed by atoms with Crippen LogP contribution in [0.3, 0.4) is 0 Å². The average molecular weight is 388 g/mol. The maximum atomic E-state index is 13.0. The lowest BCUT2D eigenvalue weighted by molar-refractivity contribution is 0.0979. The fourth-order valence-electron chi connectivity index (χ4n) is 2.72. The summed E-state index contributed by atoms with van der Waals surface area (Å²) in [6, 6.07) is 10.4. The third-order valence-electron chi connectivity index (χ3n) is 4.21. The number of ketones is 2. The molecule has 2 aromatic carbocycles. The molecule has 0 atom stereocenters. The number of hydrogen-bond acceptors (Lipinski definition) is 4. The molecular formula is C19H18BrNO3. The second-order valence-electron chi connectivity index (χ2n) is 6.72. The smallest absolute Gasteiger partial charge is 0.196 e. The van der Waals surface area contributed by atoms with Crippen LogP contribution < -0.4 is 5.32 Å². The predicted octanol–water partition coefficient (Wildman–Crippen LogP) is 3.65. The Balaban J connectivity index is 2.10. The van der Waals surface area contributed by atoms with Gasteiger partial charge in [-0.3, -0.25) is 9.59 Å². The monoisotopic (exact) mass is 387 g/mol. The molecular weight excluding hydrogens is 370 g/mol. The maximum Gasteiger partial charge on any atom is 0.196 e. The Kier molecular flexibility index (Phi) is 4.32. The van der Waals surface area contributed by atoms with Crippen molar-refractivity contribution in [2.24, 2.45) is 5.41 Å². The molecule has 1 aliphatic carbocycles. The maximum absolute atomic E-state index is 13.0. The number of halogens is 1. The van der Waals surface area contributed by atoms with Crippen LogP contribution in [-0.2, 0) is 0 Å². The third kappa shape index (κ3) is 2.78. The van der Waals surface area contributed by atoms with E-state index in [2.05, 4.69) is 21.2 Å². The first-order chi connectivity index (χ1) is 11.4. The molecule has 2 N–H and O–H groups in total. The number of carbonyl (C=O) groups excluding carboxylic acids is 2. The van der Waals surface area contributed by atoms with Crippen LogP contribution in [0.4, 0.5) is 5.69 Å². The molecule has 0 bridgehead atoms. The van der Waals surface area contributed by atoms with Gasteiger partial charge in [0.15, 0.2) is 11.6 Å². The third-order valence-corrected chi connectivity index (χ3v) is 4.87. The highest BCUT2D eigenvalue weighted by molar-refractivity contribution is 9.10. The van der Waals surface area contributed by atoms with Gasteiger partial charge in [0.05, 0.1) is 5.56 Å². The van der Waals surface area contributed by atoms with Crippen molar-refractivity contribution in [3.05, 3.63) is 63.1 Å². The van der Waals surface area contributed by atoms with Crippen molar-refractivity contribution in [3.8, 4) is 0 Å². The molecule has 0 heterocycles. The van der Waals surface area contributed by atoms with E-state index >= 15 is 0 Å². The van der Waals surface area contributed by atoms with E-state index in [9.17, 15) is 14.7 Å². The highest BCUT2D eigenvalue weighted by Gasteiger charge is 2.33. The quantitative estimate of drug-likeness (QED) is 0.716. The van der Waals surface area contributed by atoms with E-state index in [0.29, 0.717) is 39.0 Å². The highest BCUT2D eigenvalue weighted by Crippen LogP contribution is 2.36. The van der Waals surface area contributed by atoms with Crippen LogP contribution >= 0.6 is 15.9 Å². The van der Waals surface area contributed by atoms with E-state index in [1.165, 1.54) is 0 Å². The first-order valence-corrected chi connectivity index (χ1v) is 8.51. The number of benzene rings is 2. The lowest BCUT2D eigenvalue weighted by Gasteiger charge is -2.26. The van der Waals surface area contributed by atoms with Gasteiger partial charge in [-0.05, 0) is 12.1 Å². The van der Waals surface area contributed by atoms with Gasteiger partial charge >= 0.3 is 0 Å². The van der Waals surface area contributed by atoms with Gasteiger partial charge < -0.3 is 10.4 Å². The Hall–Kier alpha value is -1.98. The molecule has 0 saturated heterocycles. The normalized spacial score (nSPS) is 13.5. The van der Waals surface area contributed by atoms with Gasteiger partial charge in [0.1, 0.15) is 0 Å². The van der Waals surface area contributed by atoms with Gasteiger partial charge in [0, 0.05) is 45.4 Å². The van der Waals surface area contributed by atoms with Crippen molar-refractivity contribution >= 4 is 33.2 Å². The molecule has 2 aromatic rings. The molecule has 4 nitrogen and oxygen atoms in total. The number of rotatable bonds is 4. The van der Waals surface area contributed by atoms with Crippen LogP contribution in [0.25, 0.3) is 0 Å². The van der Waals surface area contributed by atoms with E-state index in [1.54, 1.807) is 36.4 Å². The van der Waals surface area contributed by atoms with Gasteiger partial charge in [-0.15, -0.1) is 0 Å². The summed E-state index contributed by atoms with van der Waals surface area (Å²) in [5.74, 6) is -0.317. The number of nitrogens with one attached hydrogen (secondary N) is 1. The summed E-state index contributed by atoms with van der Waals surface area (Å²) >= 11 is 3.40. The summed E-state index contributed by atoms with van der Waals surface area (Å²) in [7, 11) is 0. The van der Waals surface area contributed by atoms with Gasteiger partial charge in [0.2, 0.25) is 0 Å². The molecule has 24 heavy (non-hydrogen) atoms. The highest BCUT2D eigenvalue weighted by atomic mass is 79.9. The average Bonchev–Trinajstić information content (AvgIpc) is 2.58. The summed E-state index contributed by atoms with van der Waals surface area (Å²) in [4.78, 5) is 25.8. The fourth-order valence-corrected chi connectivity index (χ4v) is 3.23. The number of aliphatic hydroxyl groups excluding tert-OH is 1. The molecule has 0 spiro atoms. The Bertz CT molecular complexity index is 843. The fraction of sp³-hybridized carbons (Fsp3) is 0.263. The van der Waals surface area contributed by atoms with Crippen molar-refractivity contribution in [1.29, 1.82) is 0 Å². The second-order valence-corrected chi connectivity index (χ2v) is 7.58. The topological polar surface area (TPSA) is 66.4 Å². The Morgan fingerprint density at radius 2 is 1.58 bits per heavy atom. The van der Waals surface area contributed by atoms with Crippen molar-refractivity contribution in [2.45, 2.75) is 13.8 Å². The second kappa shape index (κ2) is 6.15. The molecule has 0 amide bonds. The SMILES string of the molecule is CC(C)(CO)CNc1ccc(Br)c2c1C(=O)c1ccccc1C2=O. The molecule has 0 aliphatic heterocycles. The summed E-state index contributed by atoms with van der Waals surface area (Å²) in [5, 5.41) is 12.6. The van der Waals surface area contributed by atoms with Crippen LogP contribution in [0.1, 0.15) is 45.7 Å². The van der Waals surface area contributed by atoms with Gasteiger partial charge in [-0.25, -0.2) is 0 Å². The van der Waals surface area contributed by atoms with E-state index < -0.39 is 0 Å². The van der Waals surface area contributed by atoms with Crippen LogP contribution in [0.15, 0.2) is 40.9 Å². The van der Waals surface area contributed by atoms with Gasteiger partial charge in [0.25, 0.3) is 0 Å². The standard InChI is InChI=1S/C19H18BrNO3/c1-19(2,10-22)9-21-14-8-7-13(20)15-16(14)18(24)12-6-4-3-5-11(12)17(15)23/h3-8,21-22H,9-10H2,1-2H3. The minimum Gasteiger partial charge on any atom is -0.396 e. The summed E-state index contributed by atoms with van der Waals surface area (Å²) in [5.41, 5.74) is 1.93. The largest absolute Gasteiger partial charge is 0.396 e. The van der Waals surface area contributed by atoms with Crippen LogP contribution in [0.2, 0.25) is 0 Å². The first kappa shape index (κ1) is 16.9. The summed E-state index contributed by atoms with van der Waals surface area (Å²) in [6.45, 7) is 4.36. The molecule has 0 aromatic heterocycles. The van der Waals surface area contributed by atoms with Crippen LogP contribution in [0.5, 0.6) is 0 Å². The molecule has 0 saturated carbocycles. The Morgan fingerprint density at radius 3 is 2.17 bits per heavy atom. The summed E-state index contributed by atoms with van der Waals surface area (Å²) in [6.07, 6.45) is 0. The van der Waals surface area contributed by atoms with E-state index in [0.717, 1.165) is 0 Å². The number of aliphatic hydroxyl groups is 1. The zero-order chi connectivity index (χ0) is 17.5. The lowest BCUT2D eigenvalue weighted by Crippen LogP contribution is -2.29. The zero-order valence-corrected chi connectivity index (χ0v) is 15.1. The Labute approximate surface area is 149 Å². The molecule has 5 heteroatoms. The van der Waals surface area contributed by atoms with E-state index in [4.69, 9.17) is 0 Å². The minimum absolute atomic E-state index is 0.0223. The van der Waals surface area contributed by atoms with Crippen LogP contribution in [-0.4, -0.2) is 29.8 Å². The number of carbonyl (C=O) groups is 2. The van der Waals surface area contributed by atoms with E-state index in [1.807, 2.05) is 13.8 Å². The van der Waals surface area contributed by atoms with Gasteiger partial charge in [-0.1, -0.05) is 54.0 Å². The molecule has 1 aliphatic rings. The van der Waals surface area contributed by atoms with Gasteiger partial charge in [-0.2, -0.15) is 0 Å². The molecule has 0 fully saturated rings. The number of anilines is 1. The lowest BCUT2D eigenvalue weighted by atomic mass is 9.83. The van der Waals surface area contributed by atoms with Crippen LogP contribution in [0, 0.1) is 5.41 Å². The Morgan fingerprint density at radius 1 is 1.00 bits per heavy atom. The zero-order valence-electron chi connectivity index (χ0n) is 13.5. The molecule has 0 radical (unpaired) electrons. The molecule has 124 valence electrons. The number of fused-ring (bicyclic) bond motifs is 2. The van der Waals surface area contributed by atoms with Crippen molar-refractivity contribution < 1.29 is 14.7 Å². The number of hydrogen-bond donors (Lipinski definition) is 2. The predicted molar refractivity (Wildman–Crippen MR) is 96.8 cm³/mol.